The molecule has 0 spiro atoms. The van der Waals surface area contributed by atoms with Crippen LogP contribution in [-0.4, -0.2) is 40.8 Å². The summed E-state index contributed by atoms with van der Waals surface area (Å²) >= 11 is 0. The van der Waals surface area contributed by atoms with Crippen LogP contribution < -0.4 is 10.1 Å². The topological polar surface area (TPSA) is 95.9 Å². The monoisotopic (exact) mass is 303 g/mol. The highest BCUT2D eigenvalue weighted by atomic mass is 16.5. The highest BCUT2D eigenvalue weighted by Gasteiger charge is 2.25. The summed E-state index contributed by atoms with van der Waals surface area (Å²) < 4.78 is 5.45. The quantitative estimate of drug-likeness (QED) is 0.744. The van der Waals surface area contributed by atoms with Crippen molar-refractivity contribution in [3.05, 3.63) is 42.5 Å². The number of hydrogen-bond acceptors (Lipinski definition) is 4. The molecule has 0 heterocycles. The Balaban J connectivity index is 2.03. The molecule has 0 saturated carbocycles. The van der Waals surface area contributed by atoms with Gasteiger partial charge in [-0.25, -0.2) is 4.79 Å². The number of aliphatic carboxylic acids is 1. The minimum absolute atomic E-state index is 0.329. The van der Waals surface area contributed by atoms with Gasteiger partial charge in [-0.1, -0.05) is 36.4 Å². The van der Waals surface area contributed by atoms with E-state index in [1.807, 2.05) is 36.4 Å². The molecule has 22 heavy (non-hydrogen) atoms. The zero-order chi connectivity index (χ0) is 16.1. The average Bonchev–Trinajstić information content (AvgIpc) is 2.49. The second-order valence-electron chi connectivity index (χ2n) is 4.89. The smallest absolute Gasteiger partial charge is 0.328 e. The van der Waals surface area contributed by atoms with E-state index >= 15 is 0 Å². The second-order valence-corrected chi connectivity index (χ2v) is 4.89. The van der Waals surface area contributed by atoms with E-state index in [1.165, 1.54) is 6.92 Å². The molecule has 2 aromatic rings. The number of carboxylic acid groups (broad SMARTS) is 1. The molecule has 0 aliphatic rings. The molecule has 2 aromatic carbocycles. The normalized spacial score (nSPS) is 13.4. The number of fused-ring (bicyclic) bond motifs is 1. The van der Waals surface area contributed by atoms with E-state index in [0.717, 1.165) is 10.8 Å². The number of carbonyl (C=O) groups is 2. The van der Waals surface area contributed by atoms with Gasteiger partial charge < -0.3 is 20.3 Å². The number of nitrogens with one attached hydrogen (secondary N) is 1. The third-order valence-electron chi connectivity index (χ3n) is 3.17. The van der Waals surface area contributed by atoms with Crippen molar-refractivity contribution in [3.8, 4) is 5.75 Å². The first-order valence-corrected chi connectivity index (χ1v) is 6.80. The highest BCUT2D eigenvalue weighted by Crippen LogP contribution is 2.24. The lowest BCUT2D eigenvalue weighted by atomic mass is 10.1. The maximum absolute atomic E-state index is 11.8. The standard InChI is InChI=1S/C16H17NO5/c1-10(18)15(16(20)21)17-14(19)9-22-13-8-4-6-11-5-2-3-7-12(11)13/h2-8,10,15,18H,9H2,1H3,(H,17,19)(H,20,21)/t10-,15+/m0/s1. The lowest BCUT2D eigenvalue weighted by Crippen LogP contribution is -2.49. The Morgan fingerprint density at radius 1 is 1.18 bits per heavy atom. The lowest BCUT2D eigenvalue weighted by molar-refractivity contribution is -0.145. The van der Waals surface area contributed by atoms with Crippen LogP contribution in [0.1, 0.15) is 6.92 Å². The molecule has 0 saturated heterocycles. The SMILES string of the molecule is C[C@H](O)[C@@H](NC(=O)COc1cccc2ccccc12)C(=O)O. The number of carbonyl (C=O) groups excluding carboxylic acids is 1. The van der Waals surface area contributed by atoms with Crippen LogP contribution in [0.25, 0.3) is 10.8 Å². The van der Waals surface area contributed by atoms with Crippen LogP contribution in [0.2, 0.25) is 0 Å². The maximum Gasteiger partial charge on any atom is 0.328 e. The van der Waals surface area contributed by atoms with Crippen molar-refractivity contribution in [3.63, 3.8) is 0 Å². The molecule has 3 N–H and O–H groups in total. The molecule has 0 aliphatic carbocycles. The van der Waals surface area contributed by atoms with Crippen LogP contribution in [0.15, 0.2) is 42.5 Å². The van der Waals surface area contributed by atoms with Crippen molar-refractivity contribution in [2.24, 2.45) is 0 Å². The molecule has 0 fully saturated rings. The second kappa shape index (κ2) is 6.91. The predicted octanol–water partition coefficient (Wildman–Crippen LogP) is 1.17. The van der Waals surface area contributed by atoms with E-state index in [9.17, 15) is 14.7 Å². The maximum atomic E-state index is 11.8. The van der Waals surface area contributed by atoms with E-state index < -0.39 is 24.0 Å². The highest BCUT2D eigenvalue weighted by molar-refractivity contribution is 5.89. The summed E-state index contributed by atoms with van der Waals surface area (Å²) in [6.07, 6.45) is -1.20. The first-order valence-electron chi connectivity index (χ1n) is 6.80. The third kappa shape index (κ3) is 3.73. The van der Waals surface area contributed by atoms with Crippen LogP contribution in [-0.2, 0) is 9.59 Å². The number of benzene rings is 2. The summed E-state index contributed by atoms with van der Waals surface area (Å²) in [5, 5.41) is 22.3. The van der Waals surface area contributed by atoms with Gasteiger partial charge in [0.1, 0.15) is 5.75 Å². The van der Waals surface area contributed by atoms with Gasteiger partial charge in [-0.2, -0.15) is 0 Å². The summed E-state index contributed by atoms with van der Waals surface area (Å²) in [5.41, 5.74) is 0. The molecular formula is C16H17NO5. The number of ether oxygens (including phenoxy) is 1. The fraction of sp³-hybridized carbons (Fsp3) is 0.250. The Morgan fingerprint density at radius 2 is 1.86 bits per heavy atom. The Hall–Kier alpha value is -2.60. The largest absolute Gasteiger partial charge is 0.483 e. The molecule has 1 amide bonds. The van der Waals surface area contributed by atoms with Crippen molar-refractivity contribution in [2.75, 3.05) is 6.61 Å². The van der Waals surface area contributed by atoms with Crippen LogP contribution >= 0.6 is 0 Å². The fourth-order valence-electron chi connectivity index (χ4n) is 2.07. The molecule has 2 rings (SSSR count). The molecule has 0 aliphatic heterocycles. The van der Waals surface area contributed by atoms with Crippen molar-refractivity contribution >= 4 is 22.6 Å². The number of carboxylic acids is 1. The van der Waals surface area contributed by atoms with Crippen molar-refractivity contribution in [1.29, 1.82) is 0 Å². The van der Waals surface area contributed by atoms with Gasteiger partial charge in [0.15, 0.2) is 12.6 Å². The van der Waals surface area contributed by atoms with E-state index in [0.29, 0.717) is 5.75 Å². The Kier molecular flexibility index (Phi) is 4.95. The number of aliphatic hydroxyl groups is 1. The van der Waals surface area contributed by atoms with Gasteiger partial charge in [0.25, 0.3) is 5.91 Å². The lowest BCUT2D eigenvalue weighted by Gasteiger charge is -2.17. The van der Waals surface area contributed by atoms with Crippen molar-refractivity contribution in [1.82, 2.24) is 5.32 Å². The van der Waals surface area contributed by atoms with E-state index in [1.54, 1.807) is 6.07 Å². The van der Waals surface area contributed by atoms with Gasteiger partial charge in [0.05, 0.1) is 6.10 Å². The summed E-state index contributed by atoms with van der Waals surface area (Å²) in [6, 6.07) is 11.7. The summed E-state index contributed by atoms with van der Waals surface area (Å²) in [5.74, 6) is -1.37. The minimum atomic E-state index is -1.36. The van der Waals surface area contributed by atoms with Crippen LogP contribution in [0.3, 0.4) is 0 Å². The van der Waals surface area contributed by atoms with E-state index in [-0.39, 0.29) is 6.61 Å². The Morgan fingerprint density at radius 3 is 2.55 bits per heavy atom. The van der Waals surface area contributed by atoms with Crippen molar-refractivity contribution < 1.29 is 24.5 Å². The van der Waals surface area contributed by atoms with Gasteiger partial charge in [-0.3, -0.25) is 4.79 Å². The van der Waals surface area contributed by atoms with Gasteiger partial charge in [0.2, 0.25) is 0 Å². The van der Waals surface area contributed by atoms with Gasteiger partial charge in [-0.15, -0.1) is 0 Å². The van der Waals surface area contributed by atoms with Crippen LogP contribution in [0, 0.1) is 0 Å². The van der Waals surface area contributed by atoms with Gasteiger partial charge >= 0.3 is 5.97 Å². The van der Waals surface area contributed by atoms with E-state index in [4.69, 9.17) is 9.84 Å². The molecular weight excluding hydrogens is 286 g/mol. The number of amides is 1. The molecule has 6 heteroatoms. The van der Waals surface area contributed by atoms with Crippen molar-refractivity contribution in [2.45, 2.75) is 19.1 Å². The first kappa shape index (κ1) is 15.8. The molecule has 6 nitrogen and oxygen atoms in total. The predicted molar refractivity (Wildman–Crippen MR) is 80.7 cm³/mol. The Labute approximate surface area is 127 Å². The van der Waals surface area contributed by atoms with Crippen LogP contribution in [0.5, 0.6) is 5.75 Å². The zero-order valence-corrected chi connectivity index (χ0v) is 12.0. The van der Waals surface area contributed by atoms with Gasteiger partial charge in [-0.05, 0) is 18.4 Å². The van der Waals surface area contributed by atoms with Crippen LogP contribution in [0.4, 0.5) is 0 Å². The third-order valence-corrected chi connectivity index (χ3v) is 3.17. The molecule has 0 radical (unpaired) electrons. The molecule has 116 valence electrons. The minimum Gasteiger partial charge on any atom is -0.483 e. The molecule has 0 bridgehead atoms. The zero-order valence-electron chi connectivity index (χ0n) is 12.0. The number of hydrogen-bond donors (Lipinski definition) is 3. The number of rotatable bonds is 6. The molecule has 2 atom stereocenters. The fourth-order valence-corrected chi connectivity index (χ4v) is 2.07. The molecule has 0 unspecified atom stereocenters. The summed E-state index contributed by atoms with van der Waals surface area (Å²) in [4.78, 5) is 22.7. The first-order chi connectivity index (χ1) is 10.5. The average molecular weight is 303 g/mol. The van der Waals surface area contributed by atoms with Gasteiger partial charge in [0, 0.05) is 5.39 Å². The summed E-state index contributed by atoms with van der Waals surface area (Å²) in [6.45, 7) is 0.967. The van der Waals surface area contributed by atoms with E-state index in [2.05, 4.69) is 5.32 Å². The molecule has 0 aromatic heterocycles. The Bertz CT molecular complexity index is 678. The number of aliphatic hydroxyl groups excluding tert-OH is 1. The summed E-state index contributed by atoms with van der Waals surface area (Å²) in [7, 11) is 0.